The first-order valence-electron chi connectivity index (χ1n) is 5.60. The smallest absolute Gasteiger partial charge is 0.371 e. The second-order valence-corrected chi connectivity index (χ2v) is 4.76. The number of furan rings is 1. The molecule has 2 heterocycles. The molecule has 5 nitrogen and oxygen atoms in total. The van der Waals surface area contributed by atoms with Crippen molar-refractivity contribution in [2.24, 2.45) is 0 Å². The Kier molecular flexibility index (Phi) is 4.01. The number of aromatic nitrogens is 1. The molecule has 0 aromatic carbocycles. The molecule has 19 heavy (non-hydrogen) atoms. The predicted molar refractivity (Wildman–Crippen MR) is 68.6 cm³/mol. The van der Waals surface area contributed by atoms with Crippen LogP contribution in [0.15, 0.2) is 44.9 Å². The van der Waals surface area contributed by atoms with Gasteiger partial charge in [0.15, 0.2) is 10.9 Å². The minimum Gasteiger partial charge on any atom is -0.475 e. The number of hydrogen-bond acceptors (Lipinski definition) is 5. The standard InChI is InChI=1S/C13H11NO4S/c1-2-10(15)9-4-3-8(7-14-9)19-12-6-5-11(18-12)13(16)17/h3-7H,2H2,1H3,(H,16,17). The second kappa shape index (κ2) is 5.71. The number of pyridine rings is 1. The van der Waals surface area contributed by atoms with E-state index in [-0.39, 0.29) is 11.5 Å². The number of aromatic carboxylic acids is 1. The lowest BCUT2D eigenvalue weighted by Gasteiger charge is -1.99. The normalized spacial score (nSPS) is 10.4. The van der Waals surface area contributed by atoms with Gasteiger partial charge >= 0.3 is 5.97 Å². The van der Waals surface area contributed by atoms with Gasteiger partial charge in [-0.1, -0.05) is 18.7 Å². The fourth-order valence-corrected chi connectivity index (χ4v) is 2.13. The summed E-state index contributed by atoms with van der Waals surface area (Å²) >= 11 is 1.25. The summed E-state index contributed by atoms with van der Waals surface area (Å²) in [6.45, 7) is 1.78. The van der Waals surface area contributed by atoms with Crippen LogP contribution in [0.5, 0.6) is 0 Å². The minimum absolute atomic E-state index is 0.0114. The van der Waals surface area contributed by atoms with Crippen LogP contribution in [0, 0.1) is 0 Å². The van der Waals surface area contributed by atoms with Gasteiger partial charge in [-0.05, 0) is 24.3 Å². The third-order valence-electron chi connectivity index (χ3n) is 2.35. The first-order chi connectivity index (χ1) is 9.10. The zero-order valence-corrected chi connectivity index (χ0v) is 10.9. The Morgan fingerprint density at radius 1 is 1.32 bits per heavy atom. The van der Waals surface area contributed by atoms with Crippen LogP contribution in [-0.2, 0) is 0 Å². The number of carbonyl (C=O) groups excluding carboxylic acids is 1. The lowest BCUT2D eigenvalue weighted by atomic mass is 10.2. The van der Waals surface area contributed by atoms with E-state index in [1.165, 1.54) is 17.8 Å². The van der Waals surface area contributed by atoms with E-state index in [0.717, 1.165) is 4.90 Å². The molecule has 6 heteroatoms. The molecule has 2 aromatic rings. The number of carboxylic acids is 1. The first-order valence-corrected chi connectivity index (χ1v) is 6.42. The van der Waals surface area contributed by atoms with Crippen molar-refractivity contribution in [3.05, 3.63) is 41.9 Å². The lowest BCUT2D eigenvalue weighted by molar-refractivity contribution is 0.0656. The summed E-state index contributed by atoms with van der Waals surface area (Å²) in [5, 5.41) is 9.20. The number of carbonyl (C=O) groups is 2. The molecule has 0 saturated heterocycles. The maximum absolute atomic E-state index is 11.4. The molecule has 0 radical (unpaired) electrons. The van der Waals surface area contributed by atoms with Gasteiger partial charge < -0.3 is 9.52 Å². The monoisotopic (exact) mass is 277 g/mol. The zero-order valence-electron chi connectivity index (χ0n) is 10.1. The molecule has 0 unspecified atom stereocenters. The van der Waals surface area contributed by atoms with E-state index in [9.17, 15) is 9.59 Å². The fraction of sp³-hybridized carbons (Fsp3) is 0.154. The van der Waals surface area contributed by atoms with E-state index in [2.05, 4.69) is 4.98 Å². The van der Waals surface area contributed by atoms with E-state index in [1.54, 1.807) is 31.3 Å². The lowest BCUT2D eigenvalue weighted by Crippen LogP contribution is -1.99. The minimum atomic E-state index is -1.10. The summed E-state index contributed by atoms with van der Waals surface area (Å²) in [6, 6.07) is 6.38. The number of ketones is 1. The van der Waals surface area contributed by atoms with Crippen LogP contribution in [0.1, 0.15) is 34.4 Å². The van der Waals surface area contributed by atoms with Crippen molar-refractivity contribution in [2.75, 3.05) is 0 Å². The molecule has 0 spiro atoms. The largest absolute Gasteiger partial charge is 0.475 e. The Labute approximate surface area is 113 Å². The number of hydrogen-bond donors (Lipinski definition) is 1. The molecule has 0 saturated carbocycles. The van der Waals surface area contributed by atoms with Gasteiger partial charge in [-0.3, -0.25) is 9.78 Å². The highest BCUT2D eigenvalue weighted by molar-refractivity contribution is 7.99. The van der Waals surface area contributed by atoms with Crippen LogP contribution >= 0.6 is 11.8 Å². The average Bonchev–Trinajstić information content (AvgIpc) is 2.87. The van der Waals surface area contributed by atoms with E-state index in [0.29, 0.717) is 17.2 Å². The summed E-state index contributed by atoms with van der Waals surface area (Å²) in [5.41, 5.74) is 0.428. The predicted octanol–water partition coefficient (Wildman–Crippen LogP) is 3.12. The first kappa shape index (κ1) is 13.4. The summed E-state index contributed by atoms with van der Waals surface area (Å²) in [4.78, 5) is 26.9. The van der Waals surface area contributed by atoms with Crippen LogP contribution in [0.2, 0.25) is 0 Å². The van der Waals surface area contributed by atoms with E-state index < -0.39 is 5.97 Å². The van der Waals surface area contributed by atoms with Crippen LogP contribution < -0.4 is 0 Å². The average molecular weight is 277 g/mol. The van der Waals surface area contributed by atoms with E-state index in [1.807, 2.05) is 0 Å². The van der Waals surface area contributed by atoms with E-state index >= 15 is 0 Å². The Morgan fingerprint density at radius 3 is 2.63 bits per heavy atom. The highest BCUT2D eigenvalue weighted by Gasteiger charge is 2.10. The SMILES string of the molecule is CCC(=O)c1ccc(Sc2ccc(C(=O)O)o2)cn1. The molecular formula is C13H11NO4S. The quantitative estimate of drug-likeness (QED) is 0.846. The van der Waals surface area contributed by atoms with E-state index in [4.69, 9.17) is 9.52 Å². The zero-order chi connectivity index (χ0) is 13.8. The Hall–Kier alpha value is -2.08. The highest BCUT2D eigenvalue weighted by Crippen LogP contribution is 2.28. The Bertz CT molecular complexity index is 603. The molecule has 0 atom stereocenters. The van der Waals surface area contributed by atoms with Crippen molar-refractivity contribution in [1.29, 1.82) is 0 Å². The van der Waals surface area contributed by atoms with Crippen LogP contribution in [0.4, 0.5) is 0 Å². The topological polar surface area (TPSA) is 80.4 Å². The molecule has 0 amide bonds. The molecule has 2 aromatic heterocycles. The van der Waals surface area contributed by atoms with Crippen molar-refractivity contribution in [3.63, 3.8) is 0 Å². The maximum atomic E-state index is 11.4. The van der Waals surface area contributed by atoms with Crippen molar-refractivity contribution in [1.82, 2.24) is 4.98 Å². The van der Waals surface area contributed by atoms with Crippen LogP contribution in [0.25, 0.3) is 0 Å². The van der Waals surface area contributed by atoms with Crippen LogP contribution in [0.3, 0.4) is 0 Å². The van der Waals surface area contributed by atoms with Gasteiger partial charge in [0.2, 0.25) is 5.76 Å². The van der Waals surface area contributed by atoms with Gasteiger partial charge in [0, 0.05) is 17.5 Å². The highest BCUT2D eigenvalue weighted by atomic mass is 32.2. The summed E-state index contributed by atoms with van der Waals surface area (Å²) in [7, 11) is 0. The van der Waals surface area contributed by atoms with Gasteiger partial charge in [0.05, 0.1) is 0 Å². The summed E-state index contributed by atoms with van der Waals surface area (Å²) in [5.74, 6) is -1.22. The Balaban J connectivity index is 2.10. The second-order valence-electron chi connectivity index (χ2n) is 3.68. The van der Waals surface area contributed by atoms with Crippen molar-refractivity contribution in [3.8, 4) is 0 Å². The third-order valence-corrected chi connectivity index (χ3v) is 3.25. The van der Waals surface area contributed by atoms with Gasteiger partial charge in [-0.25, -0.2) is 4.79 Å². The molecule has 0 aliphatic rings. The van der Waals surface area contributed by atoms with Gasteiger partial charge in [0.25, 0.3) is 0 Å². The Morgan fingerprint density at radius 2 is 2.11 bits per heavy atom. The molecule has 0 aliphatic heterocycles. The molecule has 1 N–H and O–H groups in total. The summed E-state index contributed by atoms with van der Waals surface area (Å²) < 4.78 is 5.12. The number of carboxylic acid groups (broad SMARTS) is 1. The molecule has 0 aliphatic carbocycles. The van der Waals surface area contributed by atoms with Crippen molar-refractivity contribution >= 4 is 23.5 Å². The molecule has 0 fully saturated rings. The number of Topliss-reactive ketones (excluding diaryl/α,β-unsaturated/α-hetero) is 1. The third kappa shape index (κ3) is 3.23. The molecular weight excluding hydrogens is 266 g/mol. The van der Waals surface area contributed by atoms with Crippen molar-refractivity contribution < 1.29 is 19.1 Å². The summed E-state index contributed by atoms with van der Waals surface area (Å²) in [6.07, 6.45) is 1.98. The van der Waals surface area contributed by atoms with Crippen molar-refractivity contribution in [2.45, 2.75) is 23.3 Å². The fourth-order valence-electron chi connectivity index (χ4n) is 1.39. The molecule has 98 valence electrons. The van der Waals surface area contributed by atoms with Gasteiger partial charge in [-0.2, -0.15) is 0 Å². The van der Waals surface area contributed by atoms with Gasteiger partial charge in [0.1, 0.15) is 5.69 Å². The maximum Gasteiger partial charge on any atom is 0.371 e. The molecule has 0 bridgehead atoms. The number of nitrogens with zero attached hydrogens (tertiary/aromatic N) is 1. The number of rotatable bonds is 5. The molecule has 2 rings (SSSR count). The van der Waals surface area contributed by atoms with Crippen LogP contribution in [-0.4, -0.2) is 21.8 Å². The van der Waals surface area contributed by atoms with Gasteiger partial charge in [-0.15, -0.1) is 0 Å².